The maximum absolute atomic E-state index is 11.4. The number of carboxylic acids is 1. The van der Waals surface area contributed by atoms with Gasteiger partial charge in [0.1, 0.15) is 0 Å². The zero-order chi connectivity index (χ0) is 12.1. The van der Waals surface area contributed by atoms with E-state index in [4.69, 9.17) is 5.11 Å². The lowest BCUT2D eigenvalue weighted by Gasteiger charge is -2.17. The molecule has 0 heterocycles. The molecule has 0 aliphatic heterocycles. The summed E-state index contributed by atoms with van der Waals surface area (Å²) in [6.45, 7) is 5.83. The van der Waals surface area contributed by atoms with Crippen LogP contribution in [0.3, 0.4) is 0 Å². The van der Waals surface area contributed by atoms with Crippen molar-refractivity contribution < 1.29 is 18.3 Å². The Hall–Kier alpha value is -0.620. The molecule has 0 bridgehead atoms. The van der Waals surface area contributed by atoms with Gasteiger partial charge in [0.2, 0.25) is 10.0 Å². The Labute approximate surface area is 90.9 Å². The average molecular weight is 237 g/mol. The molecule has 0 fully saturated rings. The summed E-state index contributed by atoms with van der Waals surface area (Å²) < 4.78 is 25.0. The van der Waals surface area contributed by atoms with Gasteiger partial charge in [0.05, 0.1) is 12.2 Å². The van der Waals surface area contributed by atoms with Crippen molar-refractivity contribution in [2.75, 3.05) is 12.3 Å². The highest BCUT2D eigenvalue weighted by molar-refractivity contribution is 7.89. The van der Waals surface area contributed by atoms with E-state index in [1.165, 1.54) is 0 Å². The van der Waals surface area contributed by atoms with Crippen molar-refractivity contribution in [2.24, 2.45) is 5.41 Å². The Morgan fingerprint density at radius 3 is 2.27 bits per heavy atom. The summed E-state index contributed by atoms with van der Waals surface area (Å²) >= 11 is 0. The summed E-state index contributed by atoms with van der Waals surface area (Å²) in [6.07, 6.45) is 0.365. The van der Waals surface area contributed by atoms with Gasteiger partial charge in [-0.05, 0) is 11.8 Å². The fraction of sp³-hybridized carbons (Fsp3) is 0.889. The van der Waals surface area contributed by atoms with Gasteiger partial charge in [-0.25, -0.2) is 13.1 Å². The molecule has 0 aromatic heterocycles. The fourth-order valence-electron chi connectivity index (χ4n) is 0.826. The Morgan fingerprint density at radius 2 is 1.87 bits per heavy atom. The Balaban J connectivity index is 3.94. The fourth-order valence-corrected chi connectivity index (χ4v) is 2.26. The molecule has 0 aliphatic carbocycles. The van der Waals surface area contributed by atoms with Crippen LogP contribution in [0, 0.1) is 5.41 Å². The molecule has 0 radical (unpaired) electrons. The maximum atomic E-state index is 11.4. The molecular formula is C9H19NO4S. The quantitative estimate of drug-likeness (QED) is 0.716. The van der Waals surface area contributed by atoms with Crippen molar-refractivity contribution in [1.29, 1.82) is 0 Å². The van der Waals surface area contributed by atoms with Crippen LogP contribution in [0.2, 0.25) is 0 Å². The van der Waals surface area contributed by atoms with Crippen LogP contribution in [0.25, 0.3) is 0 Å². The Morgan fingerprint density at radius 1 is 1.33 bits per heavy atom. The molecule has 15 heavy (non-hydrogen) atoms. The topological polar surface area (TPSA) is 83.5 Å². The lowest BCUT2D eigenvalue weighted by atomic mass is 9.94. The first-order valence-corrected chi connectivity index (χ1v) is 6.47. The third kappa shape index (κ3) is 9.68. The molecule has 5 nitrogen and oxygen atoms in total. The van der Waals surface area contributed by atoms with E-state index in [0.717, 1.165) is 0 Å². The van der Waals surface area contributed by atoms with Crippen molar-refractivity contribution in [3.63, 3.8) is 0 Å². The molecule has 0 saturated carbocycles. The van der Waals surface area contributed by atoms with E-state index in [1.54, 1.807) is 0 Å². The average Bonchev–Trinajstić information content (AvgIpc) is 1.99. The SMILES string of the molecule is CC(C)(C)CCS(=O)(=O)NCCC(=O)O. The van der Waals surface area contributed by atoms with Crippen molar-refractivity contribution >= 4 is 16.0 Å². The van der Waals surface area contributed by atoms with Crippen LogP contribution in [0.15, 0.2) is 0 Å². The van der Waals surface area contributed by atoms with Gasteiger partial charge < -0.3 is 5.11 Å². The lowest BCUT2D eigenvalue weighted by molar-refractivity contribution is -0.136. The van der Waals surface area contributed by atoms with E-state index in [1.807, 2.05) is 20.8 Å². The van der Waals surface area contributed by atoms with E-state index >= 15 is 0 Å². The van der Waals surface area contributed by atoms with Gasteiger partial charge in [-0.1, -0.05) is 20.8 Å². The summed E-state index contributed by atoms with van der Waals surface area (Å²) in [5.74, 6) is -0.968. The minimum atomic E-state index is -3.32. The second-order valence-electron chi connectivity index (χ2n) is 4.67. The first-order valence-electron chi connectivity index (χ1n) is 4.81. The van der Waals surface area contributed by atoms with Crippen molar-refractivity contribution in [3.8, 4) is 0 Å². The van der Waals surface area contributed by atoms with Crippen LogP contribution in [0.5, 0.6) is 0 Å². The number of aliphatic carboxylic acids is 1. The predicted octanol–water partition coefficient (Wildman–Crippen LogP) is 0.817. The first-order chi connectivity index (χ1) is 6.62. The molecule has 0 saturated heterocycles. The first kappa shape index (κ1) is 14.4. The maximum Gasteiger partial charge on any atom is 0.304 e. The van der Waals surface area contributed by atoms with Crippen molar-refractivity contribution in [2.45, 2.75) is 33.6 Å². The second-order valence-corrected chi connectivity index (χ2v) is 6.59. The molecule has 0 aromatic rings. The predicted molar refractivity (Wildman–Crippen MR) is 58.1 cm³/mol. The van der Waals surface area contributed by atoms with E-state index in [-0.39, 0.29) is 24.1 Å². The summed E-state index contributed by atoms with van der Waals surface area (Å²) in [4.78, 5) is 10.2. The lowest BCUT2D eigenvalue weighted by Crippen LogP contribution is -2.30. The number of hydrogen-bond acceptors (Lipinski definition) is 3. The van der Waals surface area contributed by atoms with Crippen LogP contribution in [0.1, 0.15) is 33.6 Å². The standard InChI is InChI=1S/C9H19NO4S/c1-9(2,3)5-7-15(13,14)10-6-4-8(11)12/h10H,4-7H2,1-3H3,(H,11,12). The molecule has 0 aliphatic rings. The molecular weight excluding hydrogens is 218 g/mol. The van der Waals surface area contributed by atoms with Gasteiger partial charge in [-0.3, -0.25) is 4.79 Å². The summed E-state index contributed by atoms with van der Waals surface area (Å²) in [7, 11) is -3.32. The summed E-state index contributed by atoms with van der Waals surface area (Å²) in [5, 5.41) is 8.33. The van der Waals surface area contributed by atoms with Crippen molar-refractivity contribution in [3.05, 3.63) is 0 Å². The van der Waals surface area contributed by atoms with Gasteiger partial charge in [0.25, 0.3) is 0 Å². The number of rotatable bonds is 6. The van der Waals surface area contributed by atoms with Gasteiger partial charge in [-0.15, -0.1) is 0 Å². The monoisotopic (exact) mass is 237 g/mol. The third-order valence-corrected chi connectivity index (χ3v) is 3.17. The molecule has 0 unspecified atom stereocenters. The van der Waals surface area contributed by atoms with E-state index in [2.05, 4.69) is 4.72 Å². The molecule has 0 spiro atoms. The number of hydrogen-bond donors (Lipinski definition) is 2. The van der Waals surface area contributed by atoms with Gasteiger partial charge in [0, 0.05) is 6.54 Å². The third-order valence-electron chi connectivity index (χ3n) is 1.78. The molecule has 90 valence electrons. The number of carboxylic acid groups (broad SMARTS) is 1. The van der Waals surface area contributed by atoms with Crippen molar-refractivity contribution in [1.82, 2.24) is 4.72 Å². The van der Waals surface area contributed by atoms with Gasteiger partial charge in [0.15, 0.2) is 0 Å². The van der Waals surface area contributed by atoms with Crippen LogP contribution in [-0.4, -0.2) is 31.8 Å². The zero-order valence-corrected chi connectivity index (χ0v) is 10.2. The van der Waals surface area contributed by atoms with E-state index in [0.29, 0.717) is 6.42 Å². The zero-order valence-electron chi connectivity index (χ0n) is 9.41. The molecule has 0 aromatic carbocycles. The number of sulfonamides is 1. The minimum Gasteiger partial charge on any atom is -0.481 e. The summed E-state index contributed by atoms with van der Waals surface area (Å²) in [5.41, 5.74) is -0.0401. The Bertz CT molecular complexity index is 303. The number of carbonyl (C=O) groups is 1. The van der Waals surface area contributed by atoms with Crippen LogP contribution in [-0.2, 0) is 14.8 Å². The van der Waals surface area contributed by atoms with Gasteiger partial charge in [-0.2, -0.15) is 0 Å². The Kier molecular flexibility index (Phi) is 5.23. The van der Waals surface area contributed by atoms with Crippen LogP contribution < -0.4 is 4.72 Å². The molecule has 2 N–H and O–H groups in total. The highest BCUT2D eigenvalue weighted by Gasteiger charge is 2.16. The second kappa shape index (κ2) is 5.46. The highest BCUT2D eigenvalue weighted by atomic mass is 32.2. The van der Waals surface area contributed by atoms with Crippen LogP contribution in [0.4, 0.5) is 0 Å². The molecule has 6 heteroatoms. The highest BCUT2D eigenvalue weighted by Crippen LogP contribution is 2.18. The van der Waals surface area contributed by atoms with Gasteiger partial charge >= 0.3 is 5.97 Å². The smallest absolute Gasteiger partial charge is 0.304 e. The van der Waals surface area contributed by atoms with E-state index < -0.39 is 16.0 Å². The number of nitrogens with one attached hydrogen (secondary N) is 1. The van der Waals surface area contributed by atoms with Crippen LogP contribution >= 0.6 is 0 Å². The van der Waals surface area contributed by atoms with E-state index in [9.17, 15) is 13.2 Å². The molecule has 0 atom stereocenters. The summed E-state index contributed by atoms with van der Waals surface area (Å²) in [6, 6.07) is 0. The minimum absolute atomic E-state index is 0.0378. The molecule has 0 amide bonds. The molecule has 0 rings (SSSR count). The largest absolute Gasteiger partial charge is 0.481 e. The normalized spacial score (nSPS) is 12.7.